The number of morpholine rings is 1. The van der Waals surface area contributed by atoms with Crippen molar-refractivity contribution in [2.75, 3.05) is 40.5 Å². The SMILES string of the molecule is COCc1nc2c(o1)CCN(C(=O)[C@H]1COCCN1C)C2. The summed E-state index contributed by atoms with van der Waals surface area (Å²) < 4.78 is 16.1. The minimum Gasteiger partial charge on any atom is -0.443 e. The highest BCUT2D eigenvalue weighted by Crippen LogP contribution is 2.21. The van der Waals surface area contributed by atoms with E-state index in [2.05, 4.69) is 9.88 Å². The number of fused-ring (bicyclic) bond motifs is 1. The van der Waals surface area contributed by atoms with Gasteiger partial charge in [0.15, 0.2) is 0 Å². The second-order valence-electron chi connectivity index (χ2n) is 5.49. The first-order chi connectivity index (χ1) is 10.2. The zero-order valence-corrected chi connectivity index (χ0v) is 12.5. The van der Waals surface area contributed by atoms with E-state index in [1.807, 2.05) is 11.9 Å². The molecule has 1 atom stereocenters. The van der Waals surface area contributed by atoms with Crippen LogP contribution in [-0.4, -0.2) is 67.2 Å². The number of methoxy groups -OCH3 is 1. The fourth-order valence-electron chi connectivity index (χ4n) is 2.78. The molecule has 21 heavy (non-hydrogen) atoms. The molecule has 0 bridgehead atoms. The summed E-state index contributed by atoms with van der Waals surface area (Å²) in [7, 11) is 3.57. The topological polar surface area (TPSA) is 68.0 Å². The van der Waals surface area contributed by atoms with E-state index in [0.29, 0.717) is 45.2 Å². The first-order valence-corrected chi connectivity index (χ1v) is 7.22. The summed E-state index contributed by atoms with van der Waals surface area (Å²) in [4.78, 5) is 20.9. The van der Waals surface area contributed by atoms with E-state index in [0.717, 1.165) is 18.0 Å². The maximum absolute atomic E-state index is 12.6. The van der Waals surface area contributed by atoms with Gasteiger partial charge in [-0.1, -0.05) is 0 Å². The Labute approximate surface area is 123 Å². The normalized spacial score (nSPS) is 23.1. The highest BCUT2D eigenvalue weighted by Gasteiger charge is 2.33. The van der Waals surface area contributed by atoms with Crippen LogP contribution in [0.25, 0.3) is 0 Å². The maximum Gasteiger partial charge on any atom is 0.242 e. The van der Waals surface area contributed by atoms with Crippen LogP contribution in [0.3, 0.4) is 0 Å². The maximum atomic E-state index is 12.6. The molecule has 7 heteroatoms. The molecule has 0 N–H and O–H groups in total. The first-order valence-electron chi connectivity index (χ1n) is 7.22. The van der Waals surface area contributed by atoms with Crippen molar-refractivity contribution in [3.05, 3.63) is 17.3 Å². The van der Waals surface area contributed by atoms with E-state index in [-0.39, 0.29) is 11.9 Å². The van der Waals surface area contributed by atoms with Gasteiger partial charge in [-0.25, -0.2) is 4.98 Å². The molecule has 1 aromatic heterocycles. The summed E-state index contributed by atoms with van der Waals surface area (Å²) in [6.07, 6.45) is 0.703. The predicted octanol–water partition coefficient (Wildman–Crippen LogP) is 0.0363. The average molecular weight is 295 g/mol. The first kappa shape index (κ1) is 14.5. The van der Waals surface area contributed by atoms with Gasteiger partial charge < -0.3 is 18.8 Å². The third-order valence-corrected chi connectivity index (χ3v) is 4.03. The van der Waals surface area contributed by atoms with E-state index >= 15 is 0 Å². The van der Waals surface area contributed by atoms with Gasteiger partial charge in [0.1, 0.15) is 24.1 Å². The molecule has 0 aromatic carbocycles. The Hall–Kier alpha value is -1.44. The lowest BCUT2D eigenvalue weighted by molar-refractivity contribution is -0.143. The Bertz CT molecular complexity index is 516. The van der Waals surface area contributed by atoms with Crippen LogP contribution in [0.1, 0.15) is 17.3 Å². The number of likely N-dealkylation sites (N-methyl/N-ethyl adjacent to an activating group) is 1. The molecule has 2 aliphatic heterocycles. The minimum absolute atomic E-state index is 0.110. The van der Waals surface area contributed by atoms with Crippen molar-refractivity contribution < 1.29 is 18.7 Å². The number of rotatable bonds is 3. The van der Waals surface area contributed by atoms with Crippen molar-refractivity contribution in [2.24, 2.45) is 0 Å². The molecule has 1 saturated heterocycles. The van der Waals surface area contributed by atoms with Gasteiger partial charge in [0.25, 0.3) is 0 Å². The Morgan fingerprint density at radius 1 is 1.48 bits per heavy atom. The van der Waals surface area contributed by atoms with Gasteiger partial charge in [0, 0.05) is 26.6 Å². The second-order valence-corrected chi connectivity index (χ2v) is 5.49. The number of carbonyl (C=O) groups excluding carboxylic acids is 1. The second kappa shape index (κ2) is 6.13. The van der Waals surface area contributed by atoms with Gasteiger partial charge in [0.05, 0.1) is 19.8 Å². The van der Waals surface area contributed by atoms with E-state index in [1.165, 1.54) is 0 Å². The van der Waals surface area contributed by atoms with Crippen LogP contribution in [0.15, 0.2) is 4.42 Å². The van der Waals surface area contributed by atoms with Crippen molar-refractivity contribution in [3.63, 3.8) is 0 Å². The lowest BCUT2D eigenvalue weighted by atomic mass is 10.1. The van der Waals surface area contributed by atoms with Crippen molar-refractivity contribution in [1.29, 1.82) is 0 Å². The average Bonchev–Trinajstić information content (AvgIpc) is 2.89. The summed E-state index contributed by atoms with van der Waals surface area (Å²) in [6.45, 7) is 3.47. The predicted molar refractivity (Wildman–Crippen MR) is 73.6 cm³/mol. The summed E-state index contributed by atoms with van der Waals surface area (Å²) in [6, 6.07) is -0.189. The zero-order chi connectivity index (χ0) is 14.8. The van der Waals surface area contributed by atoms with Crippen molar-refractivity contribution in [1.82, 2.24) is 14.8 Å². The Morgan fingerprint density at radius 3 is 3.10 bits per heavy atom. The van der Waals surface area contributed by atoms with E-state index in [1.54, 1.807) is 7.11 Å². The van der Waals surface area contributed by atoms with Crippen molar-refractivity contribution in [2.45, 2.75) is 25.6 Å². The van der Waals surface area contributed by atoms with Gasteiger partial charge in [-0.2, -0.15) is 0 Å². The molecule has 1 fully saturated rings. The van der Waals surface area contributed by atoms with Crippen molar-refractivity contribution >= 4 is 5.91 Å². The number of hydrogen-bond donors (Lipinski definition) is 0. The zero-order valence-electron chi connectivity index (χ0n) is 12.5. The van der Waals surface area contributed by atoms with Crippen LogP contribution in [-0.2, 0) is 33.8 Å². The highest BCUT2D eigenvalue weighted by atomic mass is 16.5. The molecule has 0 radical (unpaired) electrons. The van der Waals surface area contributed by atoms with Crippen LogP contribution in [0.5, 0.6) is 0 Å². The molecule has 116 valence electrons. The molecule has 3 heterocycles. The molecule has 1 aromatic rings. The van der Waals surface area contributed by atoms with Gasteiger partial charge in [0.2, 0.25) is 11.8 Å². The third kappa shape index (κ3) is 2.95. The number of carbonyl (C=O) groups is 1. The number of oxazole rings is 1. The molecule has 0 unspecified atom stereocenters. The Morgan fingerprint density at radius 2 is 2.33 bits per heavy atom. The number of ether oxygens (including phenoxy) is 2. The van der Waals surface area contributed by atoms with Crippen LogP contribution in [0, 0.1) is 0 Å². The molecular formula is C14H21N3O4. The molecule has 1 amide bonds. The molecule has 0 aliphatic carbocycles. The Balaban J connectivity index is 1.68. The van der Waals surface area contributed by atoms with Crippen LogP contribution in [0.2, 0.25) is 0 Å². The third-order valence-electron chi connectivity index (χ3n) is 4.03. The number of hydrogen-bond acceptors (Lipinski definition) is 6. The molecule has 7 nitrogen and oxygen atoms in total. The molecule has 0 spiro atoms. The summed E-state index contributed by atoms with van der Waals surface area (Å²) in [5.41, 5.74) is 0.848. The van der Waals surface area contributed by atoms with Gasteiger partial charge >= 0.3 is 0 Å². The number of aromatic nitrogens is 1. The van der Waals surface area contributed by atoms with Crippen LogP contribution >= 0.6 is 0 Å². The Kier molecular flexibility index (Phi) is 4.23. The quantitative estimate of drug-likeness (QED) is 0.784. The fraction of sp³-hybridized carbons (Fsp3) is 0.714. The molecule has 2 aliphatic rings. The molecule has 0 saturated carbocycles. The van der Waals surface area contributed by atoms with Gasteiger partial charge in [-0.3, -0.25) is 9.69 Å². The van der Waals surface area contributed by atoms with Gasteiger partial charge in [-0.15, -0.1) is 0 Å². The standard InChI is InChI=1S/C14H21N3O4/c1-16-5-6-20-8-11(16)14(18)17-4-3-12-10(7-17)15-13(21-12)9-19-2/h11H,3-9H2,1-2H3/t11-/m1/s1. The largest absolute Gasteiger partial charge is 0.443 e. The van der Waals surface area contributed by atoms with Gasteiger partial charge in [-0.05, 0) is 7.05 Å². The van der Waals surface area contributed by atoms with Crippen LogP contribution in [0.4, 0.5) is 0 Å². The molecular weight excluding hydrogens is 274 g/mol. The summed E-state index contributed by atoms with van der Waals surface area (Å²) >= 11 is 0. The highest BCUT2D eigenvalue weighted by molar-refractivity contribution is 5.82. The van der Waals surface area contributed by atoms with E-state index < -0.39 is 0 Å². The summed E-state index contributed by atoms with van der Waals surface area (Å²) in [5, 5.41) is 0. The lowest BCUT2D eigenvalue weighted by Crippen LogP contribution is -2.54. The monoisotopic (exact) mass is 295 g/mol. The summed E-state index contributed by atoms with van der Waals surface area (Å²) in [5.74, 6) is 1.56. The smallest absolute Gasteiger partial charge is 0.242 e. The number of nitrogens with zero attached hydrogens (tertiary/aromatic N) is 3. The van der Waals surface area contributed by atoms with E-state index in [4.69, 9.17) is 13.9 Å². The molecule has 3 rings (SSSR count). The van der Waals surface area contributed by atoms with Crippen LogP contribution < -0.4 is 0 Å². The lowest BCUT2D eigenvalue weighted by Gasteiger charge is -2.36. The fourth-order valence-corrected chi connectivity index (χ4v) is 2.78. The van der Waals surface area contributed by atoms with E-state index in [9.17, 15) is 4.79 Å². The van der Waals surface area contributed by atoms with Crippen molar-refractivity contribution in [3.8, 4) is 0 Å². The number of amides is 1. The minimum atomic E-state index is -0.189.